The van der Waals surface area contributed by atoms with E-state index < -0.39 is 0 Å². The molecule has 0 aliphatic carbocycles. The molecular weight excluding hydrogens is 410 g/mol. The number of pyridine rings is 1. The van der Waals surface area contributed by atoms with E-state index in [2.05, 4.69) is 32.8 Å². The van der Waals surface area contributed by atoms with Gasteiger partial charge in [0.15, 0.2) is 5.11 Å². The highest BCUT2D eigenvalue weighted by Crippen LogP contribution is 2.42. The van der Waals surface area contributed by atoms with Gasteiger partial charge in [-0.2, -0.15) is 0 Å². The summed E-state index contributed by atoms with van der Waals surface area (Å²) < 4.78 is 6.93. The summed E-state index contributed by atoms with van der Waals surface area (Å²) in [5.41, 5.74) is 4.72. The third-order valence-corrected chi connectivity index (χ3v) is 5.65. The van der Waals surface area contributed by atoms with E-state index in [9.17, 15) is 4.79 Å². The zero-order chi connectivity index (χ0) is 22.0. The van der Waals surface area contributed by atoms with Gasteiger partial charge in [-0.1, -0.05) is 6.07 Å². The first-order valence-corrected chi connectivity index (χ1v) is 10.4. The molecular formula is C23H25N5O2S. The standard InChI is InChI=1S/C23H25N5O2S/c1-15-12-17(7-8-18(15)25-20(29)14-30-3)28-22(16-9-11-27(2)13-16)21(26-23(28)31)19-6-4-5-10-24-19/h4-13,21-22H,14H2,1-3H3,(H,25,29)(H,26,31)/t21-,22+/m1/s1. The van der Waals surface area contributed by atoms with Gasteiger partial charge in [-0.15, -0.1) is 0 Å². The lowest BCUT2D eigenvalue weighted by Crippen LogP contribution is -2.29. The minimum absolute atomic E-state index is 0.0170. The van der Waals surface area contributed by atoms with E-state index in [0.717, 1.165) is 28.2 Å². The average molecular weight is 436 g/mol. The monoisotopic (exact) mass is 435 g/mol. The summed E-state index contributed by atoms with van der Waals surface area (Å²) in [7, 11) is 3.50. The van der Waals surface area contributed by atoms with Gasteiger partial charge >= 0.3 is 0 Å². The maximum Gasteiger partial charge on any atom is 0.250 e. The molecule has 31 heavy (non-hydrogen) atoms. The second-order valence-corrected chi connectivity index (χ2v) is 7.97. The van der Waals surface area contributed by atoms with E-state index in [1.807, 2.05) is 61.1 Å². The quantitative estimate of drug-likeness (QED) is 0.578. The lowest BCUT2D eigenvalue weighted by Gasteiger charge is -2.28. The summed E-state index contributed by atoms with van der Waals surface area (Å²) in [6.07, 6.45) is 5.94. The maximum atomic E-state index is 11.9. The van der Waals surface area contributed by atoms with Gasteiger partial charge in [0.1, 0.15) is 6.61 Å². The molecule has 160 valence electrons. The van der Waals surface area contributed by atoms with Gasteiger partial charge in [-0.3, -0.25) is 9.78 Å². The largest absolute Gasteiger partial charge is 0.375 e. The van der Waals surface area contributed by atoms with Crippen LogP contribution in [0.15, 0.2) is 61.1 Å². The Morgan fingerprint density at radius 2 is 2.13 bits per heavy atom. The SMILES string of the molecule is COCC(=O)Nc1ccc(N2C(=S)N[C@H](c3ccccn3)[C@@H]2c2ccn(C)c2)cc1C. The van der Waals surface area contributed by atoms with Crippen LogP contribution in [0.4, 0.5) is 11.4 Å². The number of carbonyl (C=O) groups excluding carboxylic acids is 1. The van der Waals surface area contributed by atoms with Crippen molar-refractivity contribution in [1.82, 2.24) is 14.9 Å². The number of amides is 1. The number of hydrogen-bond donors (Lipinski definition) is 2. The molecule has 2 atom stereocenters. The third-order valence-electron chi connectivity index (χ3n) is 5.33. The fraction of sp³-hybridized carbons (Fsp3) is 0.261. The predicted molar refractivity (Wildman–Crippen MR) is 125 cm³/mol. The molecule has 1 fully saturated rings. The molecule has 2 N–H and O–H groups in total. The second-order valence-electron chi connectivity index (χ2n) is 7.59. The van der Waals surface area contributed by atoms with Crippen molar-refractivity contribution in [1.29, 1.82) is 0 Å². The minimum Gasteiger partial charge on any atom is -0.375 e. The van der Waals surface area contributed by atoms with Gasteiger partial charge in [0.25, 0.3) is 0 Å². The third kappa shape index (κ3) is 4.30. The van der Waals surface area contributed by atoms with Crippen LogP contribution in [0.3, 0.4) is 0 Å². The lowest BCUT2D eigenvalue weighted by molar-refractivity contribution is -0.119. The zero-order valence-corrected chi connectivity index (χ0v) is 18.5. The van der Waals surface area contributed by atoms with Crippen molar-refractivity contribution in [3.05, 3.63) is 77.9 Å². The molecule has 3 aromatic rings. The molecule has 1 amide bonds. The Kier molecular flexibility index (Phi) is 6.01. The summed E-state index contributed by atoms with van der Waals surface area (Å²) >= 11 is 5.76. The van der Waals surface area contributed by atoms with Crippen LogP contribution in [0.25, 0.3) is 0 Å². The van der Waals surface area contributed by atoms with Gasteiger partial charge in [0.2, 0.25) is 5.91 Å². The van der Waals surface area contributed by atoms with Gasteiger partial charge in [-0.05, 0) is 66.7 Å². The number of aryl methyl sites for hydroxylation is 2. The highest BCUT2D eigenvalue weighted by molar-refractivity contribution is 7.80. The Morgan fingerprint density at radius 1 is 1.29 bits per heavy atom. The molecule has 7 nitrogen and oxygen atoms in total. The Morgan fingerprint density at radius 3 is 2.77 bits per heavy atom. The first-order valence-electron chi connectivity index (χ1n) is 10.00. The smallest absolute Gasteiger partial charge is 0.250 e. The van der Waals surface area contributed by atoms with Crippen molar-refractivity contribution < 1.29 is 9.53 Å². The van der Waals surface area contributed by atoms with Gasteiger partial charge in [-0.25, -0.2) is 0 Å². The first-order chi connectivity index (χ1) is 15.0. The summed E-state index contributed by atoms with van der Waals surface area (Å²) in [6, 6.07) is 13.8. The van der Waals surface area contributed by atoms with Crippen LogP contribution in [0.1, 0.15) is 28.9 Å². The van der Waals surface area contributed by atoms with Crippen molar-refractivity contribution in [2.24, 2.45) is 7.05 Å². The van der Waals surface area contributed by atoms with Gasteiger partial charge in [0, 0.05) is 44.1 Å². The number of nitrogens with zero attached hydrogens (tertiary/aromatic N) is 3. The first kappa shape index (κ1) is 21.0. The number of methoxy groups -OCH3 is 1. The maximum absolute atomic E-state index is 11.9. The fourth-order valence-electron chi connectivity index (χ4n) is 3.93. The van der Waals surface area contributed by atoms with Crippen molar-refractivity contribution >= 4 is 34.6 Å². The number of thiocarbonyl (C=S) groups is 1. The number of nitrogens with one attached hydrogen (secondary N) is 2. The Balaban J connectivity index is 1.71. The molecule has 1 saturated heterocycles. The van der Waals surface area contributed by atoms with E-state index in [1.165, 1.54) is 7.11 Å². The topological polar surface area (TPSA) is 71.4 Å². The van der Waals surface area contributed by atoms with E-state index in [4.69, 9.17) is 17.0 Å². The number of anilines is 2. The second kappa shape index (κ2) is 8.87. The number of carbonyl (C=O) groups is 1. The summed E-state index contributed by atoms with van der Waals surface area (Å²) in [4.78, 5) is 18.6. The molecule has 1 aliphatic rings. The zero-order valence-electron chi connectivity index (χ0n) is 17.7. The van der Waals surface area contributed by atoms with Crippen molar-refractivity contribution in [3.8, 4) is 0 Å². The number of aromatic nitrogens is 2. The number of hydrogen-bond acceptors (Lipinski definition) is 4. The van der Waals surface area contributed by atoms with Crippen LogP contribution in [0.5, 0.6) is 0 Å². The van der Waals surface area contributed by atoms with Crippen LogP contribution in [0, 0.1) is 6.92 Å². The number of benzene rings is 1. The van der Waals surface area contributed by atoms with Gasteiger partial charge in [0.05, 0.1) is 17.8 Å². The molecule has 0 spiro atoms. The molecule has 0 unspecified atom stereocenters. The fourth-order valence-corrected chi connectivity index (χ4v) is 4.27. The molecule has 0 bridgehead atoms. The van der Waals surface area contributed by atoms with Crippen molar-refractivity contribution in [2.45, 2.75) is 19.0 Å². The number of rotatable bonds is 6. The van der Waals surface area contributed by atoms with Crippen LogP contribution in [-0.2, 0) is 16.6 Å². The van der Waals surface area contributed by atoms with Crippen LogP contribution in [-0.4, -0.2) is 34.3 Å². The molecule has 0 radical (unpaired) electrons. The Bertz CT molecular complexity index is 1100. The number of ether oxygens (including phenoxy) is 1. The highest BCUT2D eigenvalue weighted by atomic mass is 32.1. The lowest BCUT2D eigenvalue weighted by atomic mass is 9.98. The molecule has 2 aromatic heterocycles. The molecule has 1 aliphatic heterocycles. The molecule has 4 rings (SSSR count). The predicted octanol–water partition coefficient (Wildman–Crippen LogP) is 3.49. The highest BCUT2D eigenvalue weighted by Gasteiger charge is 2.41. The molecule has 1 aromatic carbocycles. The molecule has 3 heterocycles. The van der Waals surface area contributed by atoms with Crippen molar-refractivity contribution in [3.63, 3.8) is 0 Å². The van der Waals surface area contributed by atoms with Crippen molar-refractivity contribution in [2.75, 3.05) is 23.9 Å². The van der Waals surface area contributed by atoms with Gasteiger partial charge < -0.3 is 24.8 Å². The Labute approximate surface area is 187 Å². The minimum atomic E-state index is -0.186. The van der Waals surface area contributed by atoms with E-state index >= 15 is 0 Å². The summed E-state index contributed by atoms with van der Waals surface area (Å²) in [5, 5.41) is 6.97. The normalized spacial score (nSPS) is 18.2. The summed E-state index contributed by atoms with van der Waals surface area (Å²) in [5.74, 6) is -0.186. The van der Waals surface area contributed by atoms with E-state index in [-0.39, 0.29) is 24.6 Å². The average Bonchev–Trinajstić information content (AvgIpc) is 3.33. The Hall–Kier alpha value is -3.23. The van der Waals surface area contributed by atoms with Crippen LogP contribution in [0.2, 0.25) is 0 Å². The van der Waals surface area contributed by atoms with E-state index in [1.54, 1.807) is 6.20 Å². The van der Waals surface area contributed by atoms with Crippen LogP contribution >= 0.6 is 12.2 Å². The molecule has 8 heteroatoms. The summed E-state index contributed by atoms with van der Waals surface area (Å²) in [6.45, 7) is 1.98. The molecule has 0 saturated carbocycles. The van der Waals surface area contributed by atoms with E-state index in [0.29, 0.717) is 5.11 Å². The van der Waals surface area contributed by atoms with Crippen LogP contribution < -0.4 is 15.5 Å².